The topological polar surface area (TPSA) is 75.5 Å². The third-order valence-corrected chi connectivity index (χ3v) is 3.97. The Labute approximate surface area is 119 Å². The van der Waals surface area contributed by atoms with Crippen molar-refractivity contribution in [3.63, 3.8) is 0 Å². The second-order valence-corrected chi connectivity index (χ2v) is 5.30. The molecule has 0 aromatic heterocycles. The van der Waals surface area contributed by atoms with Crippen LogP contribution in [0, 0.1) is 10.1 Å². The third kappa shape index (κ3) is 2.93. The molecule has 6 nitrogen and oxygen atoms in total. The summed E-state index contributed by atoms with van der Waals surface area (Å²) in [5.41, 5.74) is 0.266. The number of rotatable bonds is 3. The van der Waals surface area contributed by atoms with Crippen LogP contribution in [0.2, 0.25) is 0 Å². The third-order valence-electron chi connectivity index (χ3n) is 3.27. The summed E-state index contributed by atoms with van der Waals surface area (Å²) in [5, 5.41) is 13.9. The van der Waals surface area contributed by atoms with Crippen LogP contribution in [0.1, 0.15) is 16.8 Å². The molecule has 102 valence electrons. The van der Waals surface area contributed by atoms with Gasteiger partial charge in [0.25, 0.3) is 11.6 Å². The van der Waals surface area contributed by atoms with Gasteiger partial charge >= 0.3 is 0 Å². The molecule has 1 amide bonds. The molecule has 1 saturated heterocycles. The van der Waals surface area contributed by atoms with Gasteiger partial charge in [-0.15, -0.1) is 0 Å². The summed E-state index contributed by atoms with van der Waals surface area (Å²) in [6.07, 6.45) is 0.898. The van der Waals surface area contributed by atoms with Gasteiger partial charge in [0.15, 0.2) is 0 Å². The molecular weight excluding hydrogens is 314 g/mol. The van der Waals surface area contributed by atoms with Gasteiger partial charge in [-0.1, -0.05) is 0 Å². The van der Waals surface area contributed by atoms with Crippen molar-refractivity contribution in [1.82, 2.24) is 10.2 Å². The summed E-state index contributed by atoms with van der Waals surface area (Å²) in [6.45, 7) is 1.30. The van der Waals surface area contributed by atoms with Crippen molar-refractivity contribution in [2.24, 2.45) is 0 Å². The molecule has 2 rings (SSSR count). The molecular formula is C12H14BrN3O3. The fourth-order valence-electron chi connectivity index (χ4n) is 2.14. The molecule has 0 spiro atoms. The minimum absolute atomic E-state index is 0.0732. The fourth-order valence-corrected chi connectivity index (χ4v) is 2.56. The quantitative estimate of drug-likeness (QED) is 0.678. The number of hydrogen-bond acceptors (Lipinski definition) is 4. The molecule has 1 aromatic carbocycles. The average Bonchev–Trinajstić information content (AvgIpc) is 2.87. The predicted molar refractivity (Wildman–Crippen MR) is 74.2 cm³/mol. The fraction of sp³-hybridized carbons (Fsp3) is 0.417. The maximum Gasteiger partial charge on any atom is 0.270 e. The number of likely N-dealkylation sites (tertiary alicyclic amines) is 1. The van der Waals surface area contributed by atoms with Crippen LogP contribution in [0.3, 0.4) is 0 Å². The van der Waals surface area contributed by atoms with Gasteiger partial charge in [-0.2, -0.15) is 0 Å². The zero-order chi connectivity index (χ0) is 14.0. The number of nitro benzene ring substituents is 1. The SMILES string of the molecule is CNC1CCN(C(=O)c2cc([N+](=O)[O-])ccc2Br)C1. The summed E-state index contributed by atoms with van der Waals surface area (Å²) < 4.78 is 0.580. The molecule has 0 saturated carbocycles. The highest BCUT2D eigenvalue weighted by Crippen LogP contribution is 2.25. The van der Waals surface area contributed by atoms with Crippen LogP contribution < -0.4 is 5.32 Å². The van der Waals surface area contributed by atoms with Crippen molar-refractivity contribution >= 4 is 27.5 Å². The largest absolute Gasteiger partial charge is 0.337 e. The van der Waals surface area contributed by atoms with Crippen molar-refractivity contribution in [2.45, 2.75) is 12.5 Å². The maximum atomic E-state index is 12.3. The van der Waals surface area contributed by atoms with Gasteiger partial charge < -0.3 is 10.2 Å². The van der Waals surface area contributed by atoms with Gasteiger partial charge in [-0.25, -0.2) is 0 Å². The standard InChI is InChI=1S/C12H14BrN3O3/c1-14-8-4-5-15(7-8)12(17)10-6-9(16(18)19)2-3-11(10)13/h2-3,6,8,14H,4-5,7H2,1H3. The first kappa shape index (κ1) is 14.0. The Balaban J connectivity index is 2.24. The molecule has 0 aliphatic carbocycles. The van der Waals surface area contributed by atoms with Crippen LogP contribution in [0.15, 0.2) is 22.7 Å². The highest BCUT2D eigenvalue weighted by molar-refractivity contribution is 9.10. The number of nitrogens with zero attached hydrogens (tertiary/aromatic N) is 2. The number of benzene rings is 1. The Morgan fingerprint density at radius 3 is 2.89 bits per heavy atom. The first-order valence-electron chi connectivity index (χ1n) is 5.93. The van der Waals surface area contributed by atoms with Crippen molar-refractivity contribution in [3.05, 3.63) is 38.3 Å². The molecule has 1 aliphatic heterocycles. The zero-order valence-electron chi connectivity index (χ0n) is 10.4. The predicted octanol–water partition coefficient (Wildman–Crippen LogP) is 1.79. The molecule has 1 atom stereocenters. The number of halogens is 1. The number of likely N-dealkylation sites (N-methyl/N-ethyl adjacent to an activating group) is 1. The molecule has 19 heavy (non-hydrogen) atoms. The van der Waals surface area contributed by atoms with Gasteiger partial charge in [0.1, 0.15) is 0 Å². The molecule has 1 aromatic rings. The van der Waals surface area contributed by atoms with E-state index in [1.807, 2.05) is 7.05 Å². The number of carbonyl (C=O) groups is 1. The van der Waals surface area contributed by atoms with E-state index in [-0.39, 0.29) is 11.6 Å². The summed E-state index contributed by atoms with van der Waals surface area (Å²) in [4.78, 5) is 24.3. The van der Waals surface area contributed by atoms with Crippen molar-refractivity contribution in [3.8, 4) is 0 Å². The van der Waals surface area contributed by atoms with Crippen LogP contribution in [0.25, 0.3) is 0 Å². The highest BCUT2D eigenvalue weighted by atomic mass is 79.9. The Hall–Kier alpha value is -1.47. The number of hydrogen-bond donors (Lipinski definition) is 1. The number of nitrogens with one attached hydrogen (secondary N) is 1. The van der Waals surface area contributed by atoms with Crippen molar-refractivity contribution in [2.75, 3.05) is 20.1 Å². The van der Waals surface area contributed by atoms with Crippen molar-refractivity contribution in [1.29, 1.82) is 0 Å². The molecule has 1 unspecified atom stereocenters. The Morgan fingerprint density at radius 2 is 2.32 bits per heavy atom. The molecule has 7 heteroatoms. The lowest BCUT2D eigenvalue weighted by atomic mass is 10.2. The van der Waals surface area contributed by atoms with Gasteiger partial charge in [-0.3, -0.25) is 14.9 Å². The van der Waals surface area contributed by atoms with Crippen LogP contribution in [0.5, 0.6) is 0 Å². The van der Waals surface area contributed by atoms with Crippen LogP contribution in [0.4, 0.5) is 5.69 Å². The van der Waals surface area contributed by atoms with E-state index in [2.05, 4.69) is 21.2 Å². The summed E-state index contributed by atoms with van der Waals surface area (Å²) in [6, 6.07) is 4.53. The van der Waals surface area contributed by atoms with Crippen LogP contribution in [-0.2, 0) is 0 Å². The average molecular weight is 328 g/mol. The lowest BCUT2D eigenvalue weighted by Gasteiger charge is -2.17. The molecule has 0 radical (unpaired) electrons. The van der Waals surface area contributed by atoms with E-state index in [4.69, 9.17) is 0 Å². The normalized spacial score (nSPS) is 18.6. The minimum atomic E-state index is -0.496. The van der Waals surface area contributed by atoms with Gasteiger partial charge in [0.05, 0.1) is 10.5 Å². The maximum absolute atomic E-state index is 12.3. The summed E-state index contributed by atoms with van der Waals surface area (Å²) >= 11 is 3.27. The Morgan fingerprint density at radius 1 is 1.58 bits per heavy atom. The van der Waals surface area contributed by atoms with Gasteiger partial charge in [-0.05, 0) is 35.5 Å². The monoisotopic (exact) mass is 327 g/mol. The van der Waals surface area contributed by atoms with E-state index in [1.165, 1.54) is 18.2 Å². The molecule has 1 heterocycles. The first-order valence-corrected chi connectivity index (χ1v) is 6.72. The second kappa shape index (κ2) is 5.66. The van der Waals surface area contributed by atoms with E-state index in [9.17, 15) is 14.9 Å². The molecule has 1 N–H and O–H groups in total. The first-order chi connectivity index (χ1) is 9.02. The van der Waals surface area contributed by atoms with Gasteiger partial charge in [0, 0.05) is 35.7 Å². The summed E-state index contributed by atoms with van der Waals surface area (Å²) in [7, 11) is 1.86. The number of carbonyl (C=O) groups excluding carboxylic acids is 1. The van der Waals surface area contributed by atoms with E-state index >= 15 is 0 Å². The highest BCUT2D eigenvalue weighted by Gasteiger charge is 2.27. The van der Waals surface area contributed by atoms with Crippen LogP contribution in [-0.4, -0.2) is 41.9 Å². The number of nitro groups is 1. The molecule has 1 aliphatic rings. The lowest BCUT2D eigenvalue weighted by molar-refractivity contribution is -0.384. The van der Waals surface area contributed by atoms with E-state index in [0.29, 0.717) is 29.2 Å². The number of amides is 1. The van der Waals surface area contributed by atoms with E-state index < -0.39 is 4.92 Å². The smallest absolute Gasteiger partial charge is 0.270 e. The van der Waals surface area contributed by atoms with Crippen molar-refractivity contribution < 1.29 is 9.72 Å². The lowest BCUT2D eigenvalue weighted by Crippen LogP contribution is -2.33. The zero-order valence-corrected chi connectivity index (χ0v) is 12.0. The summed E-state index contributed by atoms with van der Waals surface area (Å²) in [5.74, 6) is -0.173. The number of non-ortho nitro benzene ring substituents is 1. The van der Waals surface area contributed by atoms with E-state index in [0.717, 1.165) is 6.42 Å². The molecule has 0 bridgehead atoms. The Bertz CT molecular complexity index is 521. The second-order valence-electron chi connectivity index (χ2n) is 4.45. The molecule has 1 fully saturated rings. The Kier molecular flexibility index (Phi) is 4.16. The van der Waals surface area contributed by atoms with Crippen LogP contribution >= 0.6 is 15.9 Å². The van der Waals surface area contributed by atoms with Gasteiger partial charge in [0.2, 0.25) is 0 Å². The minimum Gasteiger partial charge on any atom is -0.337 e. The van der Waals surface area contributed by atoms with E-state index in [1.54, 1.807) is 4.90 Å².